The zero-order valence-corrected chi connectivity index (χ0v) is 10.5. The van der Waals surface area contributed by atoms with Crippen molar-refractivity contribution in [3.05, 3.63) is 23.8 Å². The van der Waals surface area contributed by atoms with Crippen molar-refractivity contribution in [1.82, 2.24) is 15.0 Å². The molecular formula is C14H19N3. The molecule has 3 heteroatoms. The number of nitrogens with one attached hydrogen (secondary N) is 1. The van der Waals surface area contributed by atoms with Gasteiger partial charge in [0.1, 0.15) is 11.5 Å². The van der Waals surface area contributed by atoms with Crippen LogP contribution < -0.4 is 0 Å². The smallest absolute Gasteiger partial charge is 0.141 e. The van der Waals surface area contributed by atoms with Crippen molar-refractivity contribution in [2.45, 2.75) is 51.4 Å². The van der Waals surface area contributed by atoms with Crippen LogP contribution in [-0.2, 0) is 0 Å². The lowest BCUT2D eigenvalue weighted by molar-refractivity contribution is 0.671. The quantitative estimate of drug-likeness (QED) is 0.852. The molecule has 1 aliphatic carbocycles. The molecular weight excluding hydrogens is 210 g/mol. The molecule has 0 saturated heterocycles. The van der Waals surface area contributed by atoms with Crippen molar-refractivity contribution in [3.63, 3.8) is 0 Å². The highest BCUT2D eigenvalue weighted by atomic mass is 14.9. The second-order valence-electron chi connectivity index (χ2n) is 5.37. The van der Waals surface area contributed by atoms with Crippen LogP contribution in [0, 0.1) is 0 Å². The Morgan fingerprint density at radius 1 is 1.29 bits per heavy atom. The minimum atomic E-state index is 0.518. The van der Waals surface area contributed by atoms with Gasteiger partial charge in [-0.2, -0.15) is 0 Å². The standard InChI is InChI=1S/C14H19N3/c1-9(2)11-7-16-14-12(11)8-15-13(17-14)10-5-3-4-6-10/h7-10H,3-6H2,1-2H3,(H,15,16,17). The summed E-state index contributed by atoms with van der Waals surface area (Å²) < 4.78 is 0. The number of rotatable bonds is 2. The van der Waals surface area contributed by atoms with Gasteiger partial charge in [0.25, 0.3) is 0 Å². The fourth-order valence-corrected chi connectivity index (χ4v) is 2.80. The Bertz CT molecular complexity index is 521. The predicted octanol–water partition coefficient (Wildman–Crippen LogP) is 3.74. The Morgan fingerprint density at radius 2 is 2.06 bits per heavy atom. The third-order valence-corrected chi connectivity index (χ3v) is 3.83. The molecule has 0 bridgehead atoms. The summed E-state index contributed by atoms with van der Waals surface area (Å²) in [6, 6.07) is 0. The van der Waals surface area contributed by atoms with Crippen LogP contribution in [0.3, 0.4) is 0 Å². The Kier molecular flexibility index (Phi) is 2.61. The molecule has 1 N–H and O–H groups in total. The number of aromatic amines is 1. The van der Waals surface area contributed by atoms with Crippen LogP contribution in [0.15, 0.2) is 12.4 Å². The summed E-state index contributed by atoms with van der Waals surface area (Å²) in [5, 5.41) is 1.18. The Hall–Kier alpha value is -1.38. The van der Waals surface area contributed by atoms with Gasteiger partial charge in [-0.3, -0.25) is 0 Å². The Labute approximate surface area is 102 Å². The molecule has 0 amide bonds. The molecule has 0 aromatic carbocycles. The fourth-order valence-electron chi connectivity index (χ4n) is 2.80. The van der Waals surface area contributed by atoms with Crippen LogP contribution in [0.4, 0.5) is 0 Å². The summed E-state index contributed by atoms with van der Waals surface area (Å²) in [7, 11) is 0. The van der Waals surface area contributed by atoms with E-state index >= 15 is 0 Å². The third kappa shape index (κ3) is 1.84. The van der Waals surface area contributed by atoms with Crippen molar-refractivity contribution in [1.29, 1.82) is 0 Å². The summed E-state index contributed by atoms with van der Waals surface area (Å²) in [6.45, 7) is 4.40. The van der Waals surface area contributed by atoms with E-state index in [2.05, 4.69) is 30.0 Å². The first-order chi connectivity index (χ1) is 8.25. The van der Waals surface area contributed by atoms with Gasteiger partial charge in [-0.1, -0.05) is 26.7 Å². The van der Waals surface area contributed by atoms with E-state index in [1.54, 1.807) is 0 Å². The SMILES string of the molecule is CC(C)c1c[nH]c2nc(C3CCCC3)ncc12. The molecule has 2 aromatic rings. The van der Waals surface area contributed by atoms with Crippen LogP contribution >= 0.6 is 0 Å². The van der Waals surface area contributed by atoms with Crippen molar-refractivity contribution in [2.75, 3.05) is 0 Å². The van der Waals surface area contributed by atoms with Crippen LogP contribution in [-0.4, -0.2) is 15.0 Å². The lowest BCUT2D eigenvalue weighted by atomic mass is 10.0. The average molecular weight is 229 g/mol. The topological polar surface area (TPSA) is 41.6 Å². The molecule has 3 nitrogen and oxygen atoms in total. The van der Waals surface area contributed by atoms with Crippen molar-refractivity contribution < 1.29 is 0 Å². The summed E-state index contributed by atoms with van der Waals surface area (Å²) >= 11 is 0. The molecule has 0 spiro atoms. The fraction of sp³-hybridized carbons (Fsp3) is 0.571. The average Bonchev–Trinajstić information content (AvgIpc) is 2.97. The van der Waals surface area contributed by atoms with Gasteiger partial charge in [0, 0.05) is 23.7 Å². The molecule has 1 aliphatic rings. The lowest BCUT2D eigenvalue weighted by Crippen LogP contribution is -2.00. The van der Waals surface area contributed by atoms with Crippen molar-refractivity contribution in [2.24, 2.45) is 0 Å². The summed E-state index contributed by atoms with van der Waals surface area (Å²) in [5.41, 5.74) is 2.32. The normalized spacial score (nSPS) is 17.4. The first-order valence-corrected chi connectivity index (χ1v) is 6.59. The van der Waals surface area contributed by atoms with E-state index in [1.165, 1.54) is 36.6 Å². The zero-order valence-electron chi connectivity index (χ0n) is 10.5. The number of aromatic nitrogens is 3. The molecule has 1 fully saturated rings. The molecule has 0 unspecified atom stereocenters. The van der Waals surface area contributed by atoms with Crippen LogP contribution in [0.5, 0.6) is 0 Å². The third-order valence-electron chi connectivity index (χ3n) is 3.83. The monoisotopic (exact) mass is 229 g/mol. The van der Waals surface area contributed by atoms with Crippen molar-refractivity contribution >= 4 is 11.0 Å². The minimum absolute atomic E-state index is 0.518. The highest BCUT2D eigenvalue weighted by molar-refractivity contribution is 5.79. The van der Waals surface area contributed by atoms with E-state index in [0.29, 0.717) is 11.8 Å². The molecule has 17 heavy (non-hydrogen) atoms. The summed E-state index contributed by atoms with van der Waals surface area (Å²) in [6.07, 6.45) is 9.23. The number of hydrogen-bond acceptors (Lipinski definition) is 2. The number of nitrogens with zero attached hydrogens (tertiary/aromatic N) is 2. The molecule has 0 aliphatic heterocycles. The Balaban J connectivity index is 2.02. The predicted molar refractivity (Wildman–Crippen MR) is 69.2 cm³/mol. The zero-order chi connectivity index (χ0) is 11.8. The van der Waals surface area contributed by atoms with Crippen LogP contribution in [0.2, 0.25) is 0 Å². The van der Waals surface area contributed by atoms with Gasteiger partial charge in [-0.15, -0.1) is 0 Å². The van der Waals surface area contributed by atoms with Gasteiger partial charge >= 0.3 is 0 Å². The molecule has 1 saturated carbocycles. The van der Waals surface area contributed by atoms with E-state index < -0.39 is 0 Å². The Morgan fingerprint density at radius 3 is 2.76 bits per heavy atom. The maximum Gasteiger partial charge on any atom is 0.141 e. The van der Waals surface area contributed by atoms with Gasteiger partial charge in [0.2, 0.25) is 0 Å². The molecule has 0 atom stereocenters. The van der Waals surface area contributed by atoms with Crippen molar-refractivity contribution in [3.8, 4) is 0 Å². The van der Waals surface area contributed by atoms with E-state index in [9.17, 15) is 0 Å². The minimum Gasteiger partial charge on any atom is -0.346 e. The highest BCUT2D eigenvalue weighted by Gasteiger charge is 2.20. The summed E-state index contributed by atoms with van der Waals surface area (Å²) in [4.78, 5) is 12.5. The second kappa shape index (κ2) is 4.13. The maximum atomic E-state index is 4.69. The maximum absolute atomic E-state index is 4.69. The van der Waals surface area contributed by atoms with Gasteiger partial charge in [0.05, 0.1) is 0 Å². The van der Waals surface area contributed by atoms with E-state index in [1.807, 2.05) is 6.20 Å². The number of hydrogen-bond donors (Lipinski definition) is 1. The van der Waals surface area contributed by atoms with Crippen LogP contribution in [0.1, 0.15) is 62.8 Å². The number of H-pyrrole nitrogens is 1. The largest absolute Gasteiger partial charge is 0.346 e. The molecule has 90 valence electrons. The van der Waals surface area contributed by atoms with E-state index in [4.69, 9.17) is 4.98 Å². The molecule has 0 radical (unpaired) electrons. The van der Waals surface area contributed by atoms with E-state index in [0.717, 1.165) is 11.5 Å². The molecule has 3 rings (SSSR count). The van der Waals surface area contributed by atoms with Gasteiger partial charge in [-0.05, 0) is 24.3 Å². The second-order valence-corrected chi connectivity index (χ2v) is 5.37. The molecule has 2 heterocycles. The molecule has 2 aromatic heterocycles. The first-order valence-electron chi connectivity index (χ1n) is 6.59. The number of fused-ring (bicyclic) bond motifs is 1. The van der Waals surface area contributed by atoms with Gasteiger partial charge in [-0.25, -0.2) is 9.97 Å². The lowest BCUT2D eigenvalue weighted by Gasteiger charge is -2.07. The summed E-state index contributed by atoms with van der Waals surface area (Å²) in [5.74, 6) is 2.14. The van der Waals surface area contributed by atoms with Gasteiger partial charge < -0.3 is 4.98 Å². The van der Waals surface area contributed by atoms with E-state index in [-0.39, 0.29) is 0 Å². The van der Waals surface area contributed by atoms with Gasteiger partial charge in [0.15, 0.2) is 0 Å². The first kappa shape index (κ1) is 10.8. The highest BCUT2D eigenvalue weighted by Crippen LogP contribution is 2.33. The van der Waals surface area contributed by atoms with Crippen LogP contribution in [0.25, 0.3) is 11.0 Å².